The van der Waals surface area contributed by atoms with Gasteiger partial charge in [0.25, 0.3) is 0 Å². The van der Waals surface area contributed by atoms with Gasteiger partial charge >= 0.3 is 0 Å². The highest BCUT2D eigenvalue weighted by Gasteiger charge is 2.23. The molecule has 0 saturated heterocycles. The van der Waals surface area contributed by atoms with E-state index < -0.39 is 0 Å². The molecule has 0 aliphatic heterocycles. The quantitative estimate of drug-likeness (QED) is 0.560. The Bertz CT molecular complexity index is 1150. The van der Waals surface area contributed by atoms with Crippen LogP contribution in [0.15, 0.2) is 30.6 Å². The van der Waals surface area contributed by atoms with Crippen molar-refractivity contribution in [1.82, 2.24) is 19.7 Å². The largest absolute Gasteiger partial charge is 0.328 e. The fourth-order valence-corrected chi connectivity index (χ4v) is 5.17. The Hall–Kier alpha value is -2.38. The molecule has 1 fully saturated rings. The molecule has 3 heterocycles. The van der Waals surface area contributed by atoms with Crippen LogP contribution >= 0.6 is 11.3 Å². The van der Waals surface area contributed by atoms with Crippen LogP contribution in [0.1, 0.15) is 36.5 Å². The number of nitrogens with zero attached hydrogens (tertiary/aromatic N) is 4. The average molecular weight is 381 g/mol. The highest BCUT2D eigenvalue weighted by Crippen LogP contribution is 2.38. The van der Waals surface area contributed by atoms with Crippen molar-refractivity contribution in [1.29, 1.82) is 0 Å². The molecule has 0 bridgehead atoms. The Morgan fingerprint density at radius 3 is 2.96 bits per heavy atom. The lowest BCUT2D eigenvalue weighted by Crippen LogP contribution is -2.26. The van der Waals surface area contributed by atoms with E-state index >= 15 is 0 Å². The lowest BCUT2D eigenvalue weighted by molar-refractivity contribution is 0.397. The van der Waals surface area contributed by atoms with Crippen molar-refractivity contribution in [2.75, 3.05) is 0 Å². The van der Waals surface area contributed by atoms with E-state index in [-0.39, 0.29) is 5.82 Å². The second-order valence-corrected chi connectivity index (χ2v) is 8.49. The minimum Gasteiger partial charge on any atom is -0.328 e. The number of aryl methyl sites for hydroxylation is 1. The van der Waals surface area contributed by atoms with Crippen LogP contribution in [0.5, 0.6) is 0 Å². The Labute approximate surface area is 160 Å². The van der Waals surface area contributed by atoms with Gasteiger partial charge in [-0.1, -0.05) is 6.42 Å². The zero-order valence-corrected chi connectivity index (χ0v) is 15.8. The molecule has 0 spiro atoms. The van der Waals surface area contributed by atoms with Gasteiger partial charge in [0.1, 0.15) is 10.3 Å². The number of aromatic nitrogens is 4. The molecule has 5 nitrogen and oxygen atoms in total. The van der Waals surface area contributed by atoms with Crippen LogP contribution in [0.3, 0.4) is 0 Å². The van der Waals surface area contributed by atoms with E-state index in [1.54, 1.807) is 29.3 Å². The third kappa shape index (κ3) is 3.00. The number of thiophene rings is 1. The molecule has 2 atom stereocenters. The first kappa shape index (κ1) is 16.8. The number of fused-ring (bicyclic) bond motifs is 2. The van der Waals surface area contributed by atoms with Crippen LogP contribution < -0.4 is 5.73 Å². The standard InChI is InChI=1S/C20H20FN5S/c1-26-10-14-5-12(7-16(21)18(14)25-26)19-23-9-13-8-17(27-20(13)24-19)11-3-2-4-15(22)6-11/h5,7-11,15H,2-4,6,22H2,1H3. The molecule has 1 aliphatic carbocycles. The van der Waals surface area contributed by atoms with Crippen molar-refractivity contribution in [2.24, 2.45) is 12.8 Å². The average Bonchev–Trinajstić information content (AvgIpc) is 3.24. The first-order chi connectivity index (χ1) is 13.1. The molecule has 138 valence electrons. The van der Waals surface area contributed by atoms with Crippen LogP contribution in [0.4, 0.5) is 4.39 Å². The molecule has 1 saturated carbocycles. The van der Waals surface area contributed by atoms with Crippen LogP contribution in [0.2, 0.25) is 0 Å². The summed E-state index contributed by atoms with van der Waals surface area (Å²) in [7, 11) is 1.78. The van der Waals surface area contributed by atoms with E-state index in [9.17, 15) is 4.39 Å². The minimum atomic E-state index is -0.352. The van der Waals surface area contributed by atoms with Gasteiger partial charge in [0.2, 0.25) is 0 Å². The normalized spacial score (nSPS) is 20.6. The monoisotopic (exact) mass is 381 g/mol. The lowest BCUT2D eigenvalue weighted by Gasteiger charge is -2.25. The van der Waals surface area contributed by atoms with Gasteiger partial charge in [0, 0.05) is 46.7 Å². The maximum Gasteiger partial charge on any atom is 0.160 e. The van der Waals surface area contributed by atoms with Gasteiger partial charge in [-0.05, 0) is 43.4 Å². The Morgan fingerprint density at radius 1 is 1.22 bits per heavy atom. The number of halogens is 1. The zero-order chi connectivity index (χ0) is 18.5. The molecular formula is C20H20FN5S. The van der Waals surface area contributed by atoms with Crippen molar-refractivity contribution in [3.05, 3.63) is 41.3 Å². The van der Waals surface area contributed by atoms with Gasteiger partial charge in [0.15, 0.2) is 11.6 Å². The summed E-state index contributed by atoms with van der Waals surface area (Å²) in [6, 6.07) is 5.84. The number of benzene rings is 1. The molecule has 2 unspecified atom stereocenters. The maximum absolute atomic E-state index is 14.4. The van der Waals surface area contributed by atoms with Gasteiger partial charge in [-0.15, -0.1) is 11.3 Å². The number of hydrogen-bond donors (Lipinski definition) is 1. The van der Waals surface area contributed by atoms with E-state index in [1.807, 2.05) is 12.3 Å². The summed E-state index contributed by atoms with van der Waals surface area (Å²) >= 11 is 1.71. The van der Waals surface area contributed by atoms with Crippen LogP contribution in [0.25, 0.3) is 32.5 Å². The third-order valence-electron chi connectivity index (χ3n) is 5.34. The maximum atomic E-state index is 14.4. The third-order valence-corrected chi connectivity index (χ3v) is 6.55. The predicted molar refractivity (Wildman–Crippen MR) is 106 cm³/mol. The summed E-state index contributed by atoms with van der Waals surface area (Å²) < 4.78 is 16.0. The summed E-state index contributed by atoms with van der Waals surface area (Å²) in [5.74, 6) is 0.705. The Balaban J connectivity index is 1.54. The topological polar surface area (TPSA) is 69.6 Å². The number of hydrogen-bond acceptors (Lipinski definition) is 5. The van der Waals surface area contributed by atoms with E-state index in [1.165, 1.54) is 23.8 Å². The van der Waals surface area contributed by atoms with Gasteiger partial charge in [0.05, 0.1) is 0 Å². The van der Waals surface area contributed by atoms with Crippen LogP contribution in [0, 0.1) is 5.82 Å². The van der Waals surface area contributed by atoms with E-state index in [0.717, 1.165) is 28.4 Å². The fraction of sp³-hybridized carbons (Fsp3) is 0.350. The van der Waals surface area contributed by atoms with Gasteiger partial charge < -0.3 is 5.73 Å². The van der Waals surface area contributed by atoms with Crippen molar-refractivity contribution in [3.8, 4) is 11.4 Å². The number of rotatable bonds is 2. The second kappa shape index (κ2) is 6.35. The molecular weight excluding hydrogens is 361 g/mol. The van der Waals surface area contributed by atoms with Gasteiger partial charge in [-0.2, -0.15) is 5.10 Å². The zero-order valence-electron chi connectivity index (χ0n) is 15.0. The molecule has 3 aromatic heterocycles. The van der Waals surface area contributed by atoms with Gasteiger partial charge in [-0.3, -0.25) is 4.68 Å². The minimum absolute atomic E-state index is 0.296. The summed E-state index contributed by atoms with van der Waals surface area (Å²) in [5.41, 5.74) is 7.19. The molecule has 1 aromatic carbocycles. The van der Waals surface area contributed by atoms with Crippen LogP contribution in [-0.2, 0) is 7.05 Å². The van der Waals surface area contributed by atoms with Crippen molar-refractivity contribution < 1.29 is 4.39 Å². The molecule has 0 radical (unpaired) electrons. The Morgan fingerprint density at radius 2 is 2.11 bits per heavy atom. The Kier molecular flexibility index (Phi) is 3.94. The van der Waals surface area contributed by atoms with Gasteiger partial charge in [-0.25, -0.2) is 14.4 Å². The van der Waals surface area contributed by atoms with Crippen molar-refractivity contribution in [2.45, 2.75) is 37.6 Å². The first-order valence-electron chi connectivity index (χ1n) is 9.22. The molecule has 5 rings (SSSR count). The molecule has 2 N–H and O–H groups in total. The fourth-order valence-electron chi connectivity index (χ4n) is 4.02. The highest BCUT2D eigenvalue weighted by atomic mass is 32.1. The smallest absolute Gasteiger partial charge is 0.160 e. The van der Waals surface area contributed by atoms with E-state index in [0.29, 0.717) is 28.9 Å². The summed E-state index contributed by atoms with van der Waals surface area (Å²) in [6.45, 7) is 0. The molecule has 4 aromatic rings. The van der Waals surface area contributed by atoms with Crippen molar-refractivity contribution >= 4 is 32.5 Å². The molecule has 7 heteroatoms. The summed E-state index contributed by atoms with van der Waals surface area (Å²) in [4.78, 5) is 11.5. The number of nitrogens with two attached hydrogens (primary N) is 1. The second-order valence-electron chi connectivity index (χ2n) is 7.43. The molecule has 0 amide bonds. The highest BCUT2D eigenvalue weighted by molar-refractivity contribution is 7.18. The van der Waals surface area contributed by atoms with Crippen molar-refractivity contribution in [3.63, 3.8) is 0 Å². The summed E-state index contributed by atoms with van der Waals surface area (Å²) in [5, 5.41) is 5.94. The summed E-state index contributed by atoms with van der Waals surface area (Å²) in [6.07, 6.45) is 8.16. The lowest BCUT2D eigenvalue weighted by atomic mass is 9.85. The van der Waals surface area contributed by atoms with E-state index in [2.05, 4.69) is 16.1 Å². The SMILES string of the molecule is Cn1cc2cc(-c3ncc4cc(C5CCCC(N)C5)sc4n3)cc(F)c2n1. The molecule has 1 aliphatic rings. The van der Waals surface area contributed by atoms with E-state index in [4.69, 9.17) is 10.7 Å². The predicted octanol–water partition coefficient (Wildman–Crippen LogP) is 4.37. The first-order valence-corrected chi connectivity index (χ1v) is 10.0. The molecule has 27 heavy (non-hydrogen) atoms. The van der Waals surface area contributed by atoms with Crippen LogP contribution in [-0.4, -0.2) is 25.8 Å².